The smallest absolute Gasteiger partial charge is 0.319 e. The van der Waals surface area contributed by atoms with Gasteiger partial charge in [0.25, 0.3) is 0 Å². The van der Waals surface area contributed by atoms with Crippen LogP contribution in [0.1, 0.15) is 48.2 Å². The molecule has 0 spiro atoms. The van der Waals surface area contributed by atoms with Crippen LogP contribution in [0.4, 0.5) is 14.9 Å². The van der Waals surface area contributed by atoms with E-state index in [4.69, 9.17) is 11.5 Å². The monoisotopic (exact) mass is 469 g/mol. The van der Waals surface area contributed by atoms with Crippen LogP contribution >= 0.6 is 0 Å². The molecular formula is C26H36FN5O2. The fraction of sp³-hybridized carbons (Fsp3) is 0.462. The van der Waals surface area contributed by atoms with Crippen molar-refractivity contribution in [1.29, 1.82) is 0 Å². The molecule has 2 aromatic carbocycles. The zero-order valence-electron chi connectivity index (χ0n) is 20.2. The second kappa shape index (κ2) is 11.9. The summed E-state index contributed by atoms with van der Waals surface area (Å²) in [5.41, 5.74) is 13.7. The van der Waals surface area contributed by atoms with Crippen molar-refractivity contribution in [2.75, 3.05) is 37.6 Å². The SMILES string of the molecule is CCC(CCc1cc(C(N)=O)ccc1F)N(C(N)=O)c1ccc(CN2CCN(CC)CC2)cc1. The van der Waals surface area contributed by atoms with E-state index < -0.39 is 17.8 Å². The van der Waals surface area contributed by atoms with Crippen molar-refractivity contribution in [2.24, 2.45) is 11.5 Å². The van der Waals surface area contributed by atoms with E-state index in [0.717, 1.165) is 45.0 Å². The number of carbonyl (C=O) groups is 2. The van der Waals surface area contributed by atoms with Crippen LogP contribution in [-0.2, 0) is 13.0 Å². The van der Waals surface area contributed by atoms with Crippen LogP contribution in [-0.4, -0.2) is 60.5 Å². The Balaban J connectivity index is 1.67. The highest BCUT2D eigenvalue weighted by atomic mass is 19.1. The van der Waals surface area contributed by atoms with E-state index in [1.807, 2.05) is 31.2 Å². The first-order chi connectivity index (χ1) is 16.3. The van der Waals surface area contributed by atoms with Gasteiger partial charge in [-0.25, -0.2) is 9.18 Å². The van der Waals surface area contributed by atoms with Gasteiger partial charge in [-0.15, -0.1) is 0 Å². The molecule has 4 N–H and O–H groups in total. The van der Waals surface area contributed by atoms with E-state index in [0.29, 0.717) is 24.8 Å². The van der Waals surface area contributed by atoms with Crippen LogP contribution in [0.5, 0.6) is 0 Å². The van der Waals surface area contributed by atoms with Crippen molar-refractivity contribution in [3.8, 4) is 0 Å². The number of hydrogen-bond donors (Lipinski definition) is 2. The Kier molecular flexibility index (Phi) is 9.01. The summed E-state index contributed by atoms with van der Waals surface area (Å²) < 4.78 is 14.3. The number of aryl methyl sites for hydroxylation is 1. The molecule has 3 amide bonds. The first-order valence-corrected chi connectivity index (χ1v) is 12.0. The van der Waals surface area contributed by atoms with Crippen molar-refractivity contribution >= 4 is 17.6 Å². The number of nitrogens with zero attached hydrogens (tertiary/aromatic N) is 3. The number of halogens is 1. The molecule has 1 saturated heterocycles. The number of benzene rings is 2. The van der Waals surface area contributed by atoms with Crippen LogP contribution < -0.4 is 16.4 Å². The number of carbonyl (C=O) groups excluding carboxylic acids is 2. The lowest BCUT2D eigenvalue weighted by Crippen LogP contribution is -2.45. The lowest BCUT2D eigenvalue weighted by Gasteiger charge is -2.34. The van der Waals surface area contributed by atoms with Gasteiger partial charge in [0.05, 0.1) is 0 Å². The van der Waals surface area contributed by atoms with Gasteiger partial charge in [-0.3, -0.25) is 14.6 Å². The van der Waals surface area contributed by atoms with E-state index in [1.165, 1.54) is 23.8 Å². The zero-order chi connectivity index (χ0) is 24.7. The van der Waals surface area contributed by atoms with E-state index in [1.54, 1.807) is 4.90 Å². The number of primary amides is 2. The van der Waals surface area contributed by atoms with Crippen LogP contribution in [0.2, 0.25) is 0 Å². The number of rotatable bonds is 10. The third-order valence-electron chi connectivity index (χ3n) is 6.68. The Hall–Kier alpha value is -2.97. The number of piperazine rings is 1. The Morgan fingerprint density at radius 1 is 1.00 bits per heavy atom. The molecule has 0 radical (unpaired) electrons. The molecule has 0 aromatic heterocycles. The Bertz CT molecular complexity index is 974. The minimum Gasteiger partial charge on any atom is -0.366 e. The van der Waals surface area contributed by atoms with Crippen molar-refractivity contribution < 1.29 is 14.0 Å². The molecule has 1 aliphatic rings. The topological polar surface area (TPSA) is 95.9 Å². The number of hydrogen-bond acceptors (Lipinski definition) is 4. The summed E-state index contributed by atoms with van der Waals surface area (Å²) >= 11 is 0. The normalized spacial score (nSPS) is 15.7. The fourth-order valence-electron chi connectivity index (χ4n) is 4.56. The lowest BCUT2D eigenvalue weighted by atomic mass is 9.99. The van der Waals surface area contributed by atoms with Gasteiger partial charge in [-0.1, -0.05) is 26.0 Å². The van der Waals surface area contributed by atoms with Gasteiger partial charge >= 0.3 is 6.03 Å². The van der Waals surface area contributed by atoms with Crippen LogP contribution in [0, 0.1) is 5.82 Å². The molecule has 0 saturated carbocycles. The number of likely N-dealkylation sites (N-methyl/N-ethyl adjacent to an activating group) is 1. The summed E-state index contributed by atoms with van der Waals surface area (Å²) in [6.45, 7) is 10.4. The molecule has 34 heavy (non-hydrogen) atoms. The van der Waals surface area contributed by atoms with Crippen LogP contribution in [0.25, 0.3) is 0 Å². The molecule has 1 fully saturated rings. The van der Waals surface area contributed by atoms with E-state index in [9.17, 15) is 14.0 Å². The molecule has 1 atom stereocenters. The second-order valence-corrected chi connectivity index (χ2v) is 8.86. The Morgan fingerprint density at radius 3 is 2.21 bits per heavy atom. The minimum atomic E-state index is -0.598. The molecule has 7 nitrogen and oxygen atoms in total. The van der Waals surface area contributed by atoms with Gasteiger partial charge in [0, 0.05) is 50.0 Å². The minimum absolute atomic E-state index is 0.206. The van der Waals surface area contributed by atoms with Crippen LogP contribution in [0.3, 0.4) is 0 Å². The summed E-state index contributed by atoms with van der Waals surface area (Å²) in [4.78, 5) is 30.3. The predicted molar refractivity (Wildman–Crippen MR) is 133 cm³/mol. The third-order valence-corrected chi connectivity index (χ3v) is 6.68. The summed E-state index contributed by atoms with van der Waals surface area (Å²) in [6, 6.07) is 11.3. The van der Waals surface area contributed by atoms with Crippen LogP contribution in [0.15, 0.2) is 42.5 Å². The van der Waals surface area contributed by atoms with Crippen molar-refractivity contribution in [1.82, 2.24) is 9.80 Å². The molecular weight excluding hydrogens is 433 g/mol. The van der Waals surface area contributed by atoms with Crippen molar-refractivity contribution in [3.05, 3.63) is 65.0 Å². The predicted octanol–water partition coefficient (Wildman–Crippen LogP) is 3.36. The lowest BCUT2D eigenvalue weighted by molar-refractivity contribution is 0.1000. The van der Waals surface area contributed by atoms with Crippen molar-refractivity contribution in [3.63, 3.8) is 0 Å². The molecule has 3 rings (SSSR count). The summed E-state index contributed by atoms with van der Waals surface area (Å²) in [5.74, 6) is -0.992. The van der Waals surface area contributed by atoms with Gasteiger partial charge < -0.3 is 16.4 Å². The van der Waals surface area contributed by atoms with Gasteiger partial charge in [0.15, 0.2) is 0 Å². The third kappa shape index (κ3) is 6.55. The number of urea groups is 1. The molecule has 0 bridgehead atoms. The summed E-state index contributed by atoms with van der Waals surface area (Å²) in [5, 5.41) is 0. The quantitative estimate of drug-likeness (QED) is 0.558. The van der Waals surface area contributed by atoms with E-state index in [-0.39, 0.29) is 11.6 Å². The summed E-state index contributed by atoms with van der Waals surface area (Å²) in [6.07, 6.45) is 1.52. The maximum Gasteiger partial charge on any atom is 0.319 e. The highest BCUT2D eigenvalue weighted by molar-refractivity contribution is 5.93. The maximum atomic E-state index is 14.3. The molecule has 8 heteroatoms. The molecule has 0 aliphatic carbocycles. The van der Waals surface area contributed by atoms with Gasteiger partial charge in [-0.2, -0.15) is 0 Å². The number of amides is 3. The standard InChI is InChI=1S/C26H36FN5O2/c1-3-22(11-7-20-17-21(25(28)33)8-12-24(20)27)32(26(29)34)23-9-5-19(6-10-23)18-31-15-13-30(4-2)14-16-31/h5-6,8-10,12,17,22H,3-4,7,11,13-16,18H2,1-2H3,(H2,28,33)(H2,29,34). The Morgan fingerprint density at radius 2 is 1.65 bits per heavy atom. The molecule has 1 aliphatic heterocycles. The fourth-order valence-corrected chi connectivity index (χ4v) is 4.56. The van der Waals surface area contributed by atoms with E-state index >= 15 is 0 Å². The highest BCUT2D eigenvalue weighted by Crippen LogP contribution is 2.24. The van der Waals surface area contributed by atoms with Crippen molar-refractivity contribution in [2.45, 2.75) is 45.7 Å². The average molecular weight is 470 g/mol. The molecule has 1 unspecified atom stereocenters. The number of nitrogens with two attached hydrogens (primary N) is 2. The maximum absolute atomic E-state index is 14.3. The van der Waals surface area contributed by atoms with E-state index in [2.05, 4.69) is 16.7 Å². The Labute approximate surface area is 201 Å². The summed E-state index contributed by atoms with van der Waals surface area (Å²) in [7, 11) is 0. The molecule has 2 aromatic rings. The van der Waals surface area contributed by atoms with Gasteiger partial charge in [-0.05, 0) is 67.3 Å². The highest BCUT2D eigenvalue weighted by Gasteiger charge is 2.23. The molecule has 184 valence electrons. The largest absolute Gasteiger partial charge is 0.366 e. The second-order valence-electron chi connectivity index (χ2n) is 8.86. The van der Waals surface area contributed by atoms with Gasteiger partial charge in [0.1, 0.15) is 5.82 Å². The average Bonchev–Trinajstić information content (AvgIpc) is 2.83. The zero-order valence-corrected chi connectivity index (χ0v) is 20.2. The van der Waals surface area contributed by atoms with Gasteiger partial charge in [0.2, 0.25) is 5.91 Å². The molecule has 1 heterocycles. The first-order valence-electron chi connectivity index (χ1n) is 12.0. The first kappa shape index (κ1) is 25.6. The number of anilines is 1.